The maximum absolute atomic E-state index is 13.2. The number of rotatable bonds is 11. The third kappa shape index (κ3) is 6.56. The first-order valence-corrected chi connectivity index (χ1v) is 12.9. The molecular formula is C28H35N3O4S. The van der Waals surface area contributed by atoms with Gasteiger partial charge >= 0.3 is 5.97 Å². The Kier molecular flexibility index (Phi) is 8.98. The number of thioether (sulfide) groups is 1. The molecule has 1 amide bonds. The molecule has 192 valence electrons. The van der Waals surface area contributed by atoms with Crippen LogP contribution in [0.3, 0.4) is 0 Å². The van der Waals surface area contributed by atoms with Crippen molar-refractivity contribution in [1.82, 2.24) is 9.55 Å². The molecule has 3 rings (SSSR count). The molecule has 3 aromatic rings. The number of hydrogen-bond acceptors (Lipinski definition) is 5. The molecule has 0 saturated heterocycles. The lowest BCUT2D eigenvalue weighted by Crippen LogP contribution is -2.26. The van der Waals surface area contributed by atoms with Crippen LogP contribution in [0, 0.1) is 6.92 Å². The maximum atomic E-state index is 13.2. The first-order chi connectivity index (χ1) is 17.0. The zero-order valence-corrected chi connectivity index (χ0v) is 22.6. The molecule has 0 fully saturated rings. The smallest absolute Gasteiger partial charge is 0.319 e. The normalized spacial score (nSPS) is 11.6. The van der Waals surface area contributed by atoms with Crippen molar-refractivity contribution in [1.29, 1.82) is 0 Å². The summed E-state index contributed by atoms with van der Waals surface area (Å²) < 4.78 is 6.33. The van der Waals surface area contributed by atoms with Gasteiger partial charge in [0.05, 0.1) is 0 Å². The van der Waals surface area contributed by atoms with E-state index < -0.39 is 10.7 Å². The summed E-state index contributed by atoms with van der Waals surface area (Å²) in [4.78, 5) is 30.3. The third-order valence-corrected chi connectivity index (χ3v) is 7.19. The first-order valence-electron chi connectivity index (χ1n) is 12.0. The second-order valence-electron chi connectivity index (χ2n) is 9.54. The Bertz CT molecular complexity index is 1200. The number of hydrogen-bond donors (Lipinski definition) is 2. The van der Waals surface area contributed by atoms with Gasteiger partial charge in [-0.3, -0.25) is 9.59 Å². The minimum Gasteiger partial charge on any atom is -0.480 e. The molecule has 2 N–H and O–H groups in total. The van der Waals surface area contributed by atoms with Crippen LogP contribution in [0.15, 0.2) is 53.4 Å². The number of nitrogens with zero attached hydrogens (tertiary/aromatic N) is 2. The Morgan fingerprint density at radius 3 is 2.31 bits per heavy atom. The van der Waals surface area contributed by atoms with Crippen molar-refractivity contribution in [2.24, 2.45) is 0 Å². The molecule has 1 aromatic heterocycles. The van der Waals surface area contributed by atoms with Gasteiger partial charge in [-0.05, 0) is 62.9 Å². The van der Waals surface area contributed by atoms with Crippen molar-refractivity contribution < 1.29 is 19.4 Å². The van der Waals surface area contributed by atoms with Crippen LogP contribution in [-0.2, 0) is 16.1 Å². The van der Waals surface area contributed by atoms with Crippen LogP contribution in [0.2, 0.25) is 0 Å². The molecular weight excluding hydrogens is 474 g/mol. The van der Waals surface area contributed by atoms with Crippen molar-refractivity contribution in [3.05, 3.63) is 65.5 Å². The number of carboxylic acid groups (broad SMARTS) is 1. The number of anilines is 1. The van der Waals surface area contributed by atoms with E-state index in [1.165, 1.54) is 17.3 Å². The maximum Gasteiger partial charge on any atom is 0.319 e. The highest BCUT2D eigenvalue weighted by Gasteiger charge is 2.28. The topological polar surface area (TPSA) is 93.4 Å². The largest absolute Gasteiger partial charge is 0.480 e. The number of methoxy groups -OCH3 is 1. The number of imidazole rings is 1. The van der Waals surface area contributed by atoms with Gasteiger partial charge < -0.3 is 19.7 Å². The fourth-order valence-corrected chi connectivity index (χ4v) is 4.71. The number of aliphatic carboxylic acids is 1. The average Bonchev–Trinajstić information content (AvgIpc) is 3.16. The van der Waals surface area contributed by atoms with Gasteiger partial charge in [-0.15, -0.1) is 11.8 Å². The molecule has 0 spiro atoms. The van der Waals surface area contributed by atoms with E-state index in [9.17, 15) is 14.7 Å². The summed E-state index contributed by atoms with van der Waals surface area (Å²) in [5.41, 5.74) is 3.95. The molecule has 0 aliphatic heterocycles. The van der Waals surface area contributed by atoms with Crippen LogP contribution in [0.25, 0.3) is 11.4 Å². The quantitative estimate of drug-likeness (QED) is 0.235. The third-order valence-electron chi connectivity index (χ3n) is 6.00. The van der Waals surface area contributed by atoms with Gasteiger partial charge in [-0.2, -0.15) is 0 Å². The number of aromatic nitrogens is 2. The number of benzene rings is 2. The number of amides is 1. The lowest BCUT2D eigenvalue weighted by atomic mass is 10.0. The summed E-state index contributed by atoms with van der Waals surface area (Å²) in [5.74, 6) is -0.0115. The minimum atomic E-state index is -0.935. The number of carbonyl (C=O) groups excluding carboxylic acids is 1. The molecule has 1 heterocycles. The van der Waals surface area contributed by atoms with Crippen molar-refractivity contribution >= 4 is 29.3 Å². The molecule has 0 radical (unpaired) electrons. The van der Waals surface area contributed by atoms with Gasteiger partial charge in [0.25, 0.3) is 5.91 Å². The van der Waals surface area contributed by atoms with E-state index in [2.05, 4.69) is 19.2 Å². The number of nitrogens with one attached hydrogen (secondary N) is 1. The van der Waals surface area contributed by atoms with Crippen LogP contribution in [0.4, 0.5) is 5.69 Å². The van der Waals surface area contributed by atoms with Crippen molar-refractivity contribution in [2.75, 3.05) is 19.0 Å². The van der Waals surface area contributed by atoms with Crippen LogP contribution in [0.1, 0.15) is 61.8 Å². The van der Waals surface area contributed by atoms with Gasteiger partial charge in [-0.25, -0.2) is 4.98 Å². The zero-order valence-electron chi connectivity index (χ0n) is 21.8. The highest BCUT2D eigenvalue weighted by Crippen LogP contribution is 2.34. The number of carbonyl (C=O) groups is 2. The molecule has 2 aromatic carbocycles. The van der Waals surface area contributed by atoms with Gasteiger partial charge in [-0.1, -0.05) is 38.1 Å². The molecule has 0 unspecified atom stereocenters. The van der Waals surface area contributed by atoms with Crippen LogP contribution < -0.4 is 5.32 Å². The summed E-state index contributed by atoms with van der Waals surface area (Å²) in [6.45, 7) is 10.8. The molecule has 36 heavy (non-hydrogen) atoms. The fourth-order valence-electron chi connectivity index (χ4n) is 3.76. The molecule has 7 nitrogen and oxygen atoms in total. The average molecular weight is 510 g/mol. The molecule has 8 heteroatoms. The molecule has 0 atom stereocenters. The monoisotopic (exact) mass is 509 g/mol. The Morgan fingerprint density at radius 2 is 1.75 bits per heavy atom. The lowest BCUT2D eigenvalue weighted by Gasteiger charge is -2.18. The van der Waals surface area contributed by atoms with Gasteiger partial charge in [0, 0.05) is 42.1 Å². The van der Waals surface area contributed by atoms with Crippen LogP contribution in [-0.4, -0.2) is 45.0 Å². The van der Waals surface area contributed by atoms with E-state index in [0.29, 0.717) is 30.6 Å². The SMILES string of the molecule is COCCCn1c(-c2ccc(SC(C)(C)C(=O)O)cc2)nc(C(=O)Nc2ccc(C(C)C)cc2)c1C. The molecule has 0 bridgehead atoms. The first kappa shape index (κ1) is 27.5. The highest BCUT2D eigenvalue weighted by molar-refractivity contribution is 8.01. The van der Waals surface area contributed by atoms with E-state index in [1.807, 2.05) is 60.0 Å². The van der Waals surface area contributed by atoms with Gasteiger partial charge in [0.1, 0.15) is 16.3 Å². The summed E-state index contributed by atoms with van der Waals surface area (Å²) in [6.07, 6.45) is 0.777. The van der Waals surface area contributed by atoms with E-state index >= 15 is 0 Å². The summed E-state index contributed by atoms with van der Waals surface area (Å²) in [7, 11) is 1.67. The lowest BCUT2D eigenvalue weighted by molar-refractivity contribution is -0.138. The summed E-state index contributed by atoms with van der Waals surface area (Å²) in [5, 5.41) is 12.4. The number of ether oxygens (including phenoxy) is 1. The molecule has 0 saturated carbocycles. The van der Waals surface area contributed by atoms with Crippen LogP contribution >= 0.6 is 11.8 Å². The van der Waals surface area contributed by atoms with Gasteiger partial charge in [0.2, 0.25) is 0 Å². The molecule has 0 aliphatic rings. The van der Waals surface area contributed by atoms with E-state index in [-0.39, 0.29) is 5.91 Å². The predicted octanol–water partition coefficient (Wildman–Crippen LogP) is 6.23. The summed E-state index contributed by atoms with van der Waals surface area (Å²) >= 11 is 1.29. The number of carboxylic acids is 1. The standard InChI is InChI=1S/C28H35N3O4S/c1-18(2)20-8-12-22(13-9-20)29-26(32)24-19(3)31(16-7-17-35-6)25(30-24)21-10-14-23(15-11-21)36-28(4,5)27(33)34/h8-15,18H,7,16-17H2,1-6H3,(H,29,32)(H,33,34). The highest BCUT2D eigenvalue weighted by atomic mass is 32.2. The predicted molar refractivity (Wildman–Crippen MR) is 145 cm³/mol. The molecule has 0 aliphatic carbocycles. The second-order valence-corrected chi connectivity index (χ2v) is 11.2. The fraction of sp³-hybridized carbons (Fsp3) is 0.393. The van der Waals surface area contributed by atoms with E-state index in [1.54, 1.807) is 21.0 Å². The van der Waals surface area contributed by atoms with Crippen molar-refractivity contribution in [2.45, 2.75) is 63.1 Å². The van der Waals surface area contributed by atoms with Gasteiger partial charge in [0.15, 0.2) is 0 Å². The Balaban J connectivity index is 1.89. The van der Waals surface area contributed by atoms with E-state index in [0.717, 1.165) is 28.3 Å². The minimum absolute atomic E-state index is 0.257. The van der Waals surface area contributed by atoms with Crippen molar-refractivity contribution in [3.63, 3.8) is 0 Å². The summed E-state index contributed by atoms with van der Waals surface area (Å²) in [6, 6.07) is 15.5. The Morgan fingerprint density at radius 1 is 1.11 bits per heavy atom. The Labute approximate surface area is 217 Å². The van der Waals surface area contributed by atoms with E-state index in [4.69, 9.17) is 9.72 Å². The second kappa shape index (κ2) is 11.8. The van der Waals surface area contributed by atoms with Crippen molar-refractivity contribution in [3.8, 4) is 11.4 Å². The zero-order chi connectivity index (χ0) is 26.5. The van der Waals surface area contributed by atoms with Crippen LogP contribution in [0.5, 0.6) is 0 Å². The Hall–Kier alpha value is -3.10.